The molecule has 7 nitrogen and oxygen atoms in total. The van der Waals surface area contributed by atoms with E-state index >= 15 is 0 Å². The van der Waals surface area contributed by atoms with E-state index in [4.69, 9.17) is 0 Å². The highest BCUT2D eigenvalue weighted by molar-refractivity contribution is 7.99. The number of carbonyl (C=O) groups is 1. The summed E-state index contributed by atoms with van der Waals surface area (Å²) in [5.74, 6) is 3.57. The van der Waals surface area contributed by atoms with Crippen molar-refractivity contribution in [3.63, 3.8) is 0 Å². The molecule has 1 amide bonds. The van der Waals surface area contributed by atoms with E-state index in [2.05, 4.69) is 32.1 Å². The number of amides is 1. The van der Waals surface area contributed by atoms with E-state index in [9.17, 15) is 4.79 Å². The van der Waals surface area contributed by atoms with Gasteiger partial charge in [0.2, 0.25) is 0 Å². The van der Waals surface area contributed by atoms with Crippen molar-refractivity contribution in [3.05, 3.63) is 60.4 Å². The van der Waals surface area contributed by atoms with Crippen molar-refractivity contribution in [1.29, 1.82) is 0 Å². The lowest BCUT2D eigenvalue weighted by molar-refractivity contribution is 0.102. The summed E-state index contributed by atoms with van der Waals surface area (Å²) >= 11 is 1.96. The normalized spacial score (nSPS) is 14.1. The molecule has 1 N–H and O–H groups in total. The van der Waals surface area contributed by atoms with Gasteiger partial charge < -0.3 is 10.2 Å². The zero-order valence-corrected chi connectivity index (χ0v) is 16.5. The number of benzene rings is 1. The summed E-state index contributed by atoms with van der Waals surface area (Å²) < 4.78 is 1.75. The van der Waals surface area contributed by atoms with E-state index in [1.807, 2.05) is 42.1 Å². The third-order valence-electron chi connectivity index (χ3n) is 4.65. The van der Waals surface area contributed by atoms with Crippen molar-refractivity contribution >= 4 is 29.2 Å². The maximum atomic E-state index is 12.5. The van der Waals surface area contributed by atoms with E-state index < -0.39 is 0 Å². The average Bonchev–Trinajstić information content (AvgIpc) is 3.25. The molecule has 0 bridgehead atoms. The number of anilines is 2. The molecule has 1 aliphatic heterocycles. The van der Waals surface area contributed by atoms with Crippen LogP contribution >= 0.6 is 11.8 Å². The SMILES string of the molecule is CCc1cccc(NC(=O)c2cn(-c3cc(N4CCSCC4)ncn3)cn2)c1. The number of rotatable bonds is 5. The zero-order valence-electron chi connectivity index (χ0n) is 15.7. The van der Waals surface area contributed by atoms with Crippen molar-refractivity contribution in [2.75, 3.05) is 34.8 Å². The number of aromatic nitrogens is 4. The van der Waals surface area contributed by atoms with Crippen molar-refractivity contribution in [2.24, 2.45) is 0 Å². The lowest BCUT2D eigenvalue weighted by Gasteiger charge is -2.27. The Morgan fingerprint density at radius 3 is 2.79 bits per heavy atom. The van der Waals surface area contributed by atoms with Crippen molar-refractivity contribution in [1.82, 2.24) is 19.5 Å². The molecule has 0 radical (unpaired) electrons. The van der Waals surface area contributed by atoms with Crippen LogP contribution in [0, 0.1) is 0 Å². The molecule has 28 heavy (non-hydrogen) atoms. The second-order valence-electron chi connectivity index (χ2n) is 6.51. The third kappa shape index (κ3) is 4.17. The monoisotopic (exact) mass is 394 g/mol. The third-order valence-corrected chi connectivity index (χ3v) is 5.59. The first-order chi connectivity index (χ1) is 13.7. The molecule has 0 unspecified atom stereocenters. The summed E-state index contributed by atoms with van der Waals surface area (Å²) in [6.07, 6.45) is 5.78. The molecular formula is C20H22N6OS. The standard InChI is InChI=1S/C20H22N6OS/c1-2-15-4-3-5-16(10-15)24-20(27)17-12-26(14-23-17)19-11-18(21-13-22-19)25-6-8-28-9-7-25/h3-5,10-14H,2,6-9H2,1H3,(H,24,27). The van der Waals surface area contributed by atoms with Crippen molar-refractivity contribution < 1.29 is 4.79 Å². The first kappa shape index (κ1) is 18.5. The van der Waals surface area contributed by atoms with E-state index in [1.165, 1.54) is 5.56 Å². The minimum atomic E-state index is -0.241. The molecule has 8 heteroatoms. The largest absolute Gasteiger partial charge is 0.355 e. The molecule has 0 aliphatic carbocycles. The number of thioether (sulfide) groups is 1. The molecule has 1 saturated heterocycles. The van der Waals surface area contributed by atoms with Crippen LogP contribution in [0.1, 0.15) is 23.0 Å². The van der Waals surface area contributed by atoms with E-state index in [1.54, 1.807) is 23.4 Å². The van der Waals surface area contributed by atoms with Gasteiger partial charge in [0.25, 0.3) is 5.91 Å². The Hall–Kier alpha value is -2.87. The number of hydrogen-bond acceptors (Lipinski definition) is 6. The molecule has 0 spiro atoms. The fourth-order valence-electron chi connectivity index (χ4n) is 3.07. The fourth-order valence-corrected chi connectivity index (χ4v) is 3.98. The van der Waals surface area contributed by atoms with Gasteiger partial charge in [0.05, 0.1) is 0 Å². The van der Waals surface area contributed by atoms with Crippen LogP contribution in [0.25, 0.3) is 5.82 Å². The average molecular weight is 395 g/mol. The molecule has 1 aromatic carbocycles. The van der Waals surface area contributed by atoms with Gasteiger partial charge in [-0.2, -0.15) is 11.8 Å². The fraction of sp³-hybridized carbons (Fsp3) is 0.300. The Kier molecular flexibility index (Phi) is 5.57. The topological polar surface area (TPSA) is 75.9 Å². The minimum absolute atomic E-state index is 0.241. The highest BCUT2D eigenvalue weighted by atomic mass is 32.2. The second-order valence-corrected chi connectivity index (χ2v) is 7.73. The Balaban J connectivity index is 1.50. The maximum absolute atomic E-state index is 12.5. The van der Waals surface area contributed by atoms with Crippen LogP contribution in [0.15, 0.2) is 49.2 Å². The van der Waals surface area contributed by atoms with Gasteiger partial charge in [-0.3, -0.25) is 9.36 Å². The molecule has 3 heterocycles. The van der Waals surface area contributed by atoms with Crippen LogP contribution < -0.4 is 10.2 Å². The molecule has 4 rings (SSSR count). The summed E-state index contributed by atoms with van der Waals surface area (Å²) in [6.45, 7) is 4.05. The summed E-state index contributed by atoms with van der Waals surface area (Å²) in [5.41, 5.74) is 2.29. The summed E-state index contributed by atoms with van der Waals surface area (Å²) in [5, 5.41) is 2.90. The minimum Gasteiger partial charge on any atom is -0.355 e. The molecular weight excluding hydrogens is 372 g/mol. The molecule has 0 saturated carbocycles. The highest BCUT2D eigenvalue weighted by Gasteiger charge is 2.15. The van der Waals surface area contributed by atoms with Crippen LogP contribution in [0.3, 0.4) is 0 Å². The lowest BCUT2D eigenvalue weighted by Crippen LogP contribution is -2.33. The first-order valence-corrected chi connectivity index (χ1v) is 10.5. The van der Waals surface area contributed by atoms with Crippen LogP contribution in [-0.2, 0) is 6.42 Å². The van der Waals surface area contributed by atoms with Crippen LogP contribution in [-0.4, -0.2) is 50.0 Å². The van der Waals surface area contributed by atoms with Crippen molar-refractivity contribution in [3.8, 4) is 5.82 Å². The Bertz CT molecular complexity index is 967. The predicted molar refractivity (Wildman–Crippen MR) is 112 cm³/mol. The molecule has 0 atom stereocenters. The van der Waals surface area contributed by atoms with Crippen LogP contribution in [0.5, 0.6) is 0 Å². The van der Waals surface area contributed by atoms with E-state index in [0.717, 1.165) is 42.5 Å². The van der Waals surface area contributed by atoms with Gasteiger partial charge in [-0.05, 0) is 24.1 Å². The van der Waals surface area contributed by atoms with Gasteiger partial charge >= 0.3 is 0 Å². The smallest absolute Gasteiger partial charge is 0.275 e. The van der Waals surface area contributed by atoms with Crippen LogP contribution in [0.4, 0.5) is 11.5 Å². The number of carbonyl (C=O) groups excluding carboxylic acids is 1. The molecule has 1 fully saturated rings. The summed E-state index contributed by atoms with van der Waals surface area (Å²) in [6, 6.07) is 9.76. The van der Waals surface area contributed by atoms with Gasteiger partial charge in [0.1, 0.15) is 30.0 Å². The Morgan fingerprint density at radius 1 is 1.14 bits per heavy atom. The number of hydrogen-bond donors (Lipinski definition) is 1. The van der Waals surface area contributed by atoms with Gasteiger partial charge in [0.15, 0.2) is 0 Å². The van der Waals surface area contributed by atoms with Crippen LogP contribution in [0.2, 0.25) is 0 Å². The molecule has 144 valence electrons. The molecule has 1 aliphatic rings. The first-order valence-electron chi connectivity index (χ1n) is 9.32. The van der Waals surface area contributed by atoms with Crippen molar-refractivity contribution in [2.45, 2.75) is 13.3 Å². The number of imidazole rings is 1. The molecule has 3 aromatic rings. The highest BCUT2D eigenvalue weighted by Crippen LogP contribution is 2.19. The predicted octanol–water partition coefficient (Wildman–Crippen LogP) is 3.03. The summed E-state index contributed by atoms with van der Waals surface area (Å²) in [4.78, 5) is 27.8. The molecule has 2 aromatic heterocycles. The number of aryl methyl sites for hydroxylation is 1. The van der Waals surface area contributed by atoms with Gasteiger partial charge in [0, 0.05) is 42.5 Å². The maximum Gasteiger partial charge on any atom is 0.275 e. The lowest BCUT2D eigenvalue weighted by atomic mass is 10.1. The Labute approximate surface area is 168 Å². The van der Waals surface area contributed by atoms with Gasteiger partial charge in [-0.25, -0.2) is 15.0 Å². The quantitative estimate of drug-likeness (QED) is 0.717. The van der Waals surface area contributed by atoms with Gasteiger partial charge in [-0.15, -0.1) is 0 Å². The zero-order chi connectivity index (χ0) is 19.3. The number of nitrogens with one attached hydrogen (secondary N) is 1. The van der Waals surface area contributed by atoms with Gasteiger partial charge in [-0.1, -0.05) is 19.1 Å². The second kappa shape index (κ2) is 8.43. The Morgan fingerprint density at radius 2 is 1.96 bits per heavy atom. The number of nitrogens with zero attached hydrogens (tertiary/aromatic N) is 5. The van der Waals surface area contributed by atoms with E-state index in [-0.39, 0.29) is 5.91 Å². The summed E-state index contributed by atoms with van der Waals surface area (Å²) in [7, 11) is 0. The van der Waals surface area contributed by atoms with E-state index in [0.29, 0.717) is 11.5 Å².